The quantitative estimate of drug-likeness (QED) is 0.716. The maximum atomic E-state index is 12.2. The van der Waals surface area contributed by atoms with Gasteiger partial charge in [0.25, 0.3) is 0 Å². The highest BCUT2D eigenvalue weighted by Crippen LogP contribution is 2.24. The van der Waals surface area contributed by atoms with Crippen molar-refractivity contribution in [3.8, 4) is 0 Å². The fourth-order valence-electron chi connectivity index (χ4n) is 2.56. The van der Waals surface area contributed by atoms with Gasteiger partial charge in [-0.2, -0.15) is 0 Å². The van der Waals surface area contributed by atoms with Gasteiger partial charge < -0.3 is 5.32 Å². The van der Waals surface area contributed by atoms with E-state index in [0.717, 1.165) is 10.6 Å². The zero-order valence-electron chi connectivity index (χ0n) is 12.9. The lowest BCUT2D eigenvalue weighted by Crippen LogP contribution is -2.28. The molecule has 1 N–H and O–H groups in total. The van der Waals surface area contributed by atoms with Gasteiger partial charge in [-0.3, -0.25) is 4.79 Å². The summed E-state index contributed by atoms with van der Waals surface area (Å²) in [5, 5.41) is 6.30. The van der Waals surface area contributed by atoms with Crippen LogP contribution in [0.25, 0.3) is 10.8 Å². The number of hydrogen-bond acceptors (Lipinski definition) is 3. The molecule has 0 bridgehead atoms. The van der Waals surface area contributed by atoms with E-state index in [9.17, 15) is 4.79 Å². The molecule has 4 heteroatoms. The van der Waals surface area contributed by atoms with Crippen molar-refractivity contribution < 1.29 is 4.79 Å². The van der Waals surface area contributed by atoms with Crippen molar-refractivity contribution in [2.45, 2.75) is 18.0 Å². The van der Waals surface area contributed by atoms with Gasteiger partial charge in [-0.25, -0.2) is 4.98 Å². The zero-order chi connectivity index (χ0) is 16.1. The number of nitrogens with zero attached hydrogens (tertiary/aromatic N) is 1. The first-order valence-corrected chi connectivity index (χ1v) is 8.53. The summed E-state index contributed by atoms with van der Waals surface area (Å²) in [6.45, 7) is 2.02. The molecule has 0 aliphatic carbocycles. The van der Waals surface area contributed by atoms with Crippen LogP contribution in [0.15, 0.2) is 71.9 Å². The number of fused-ring (bicyclic) bond motifs is 1. The van der Waals surface area contributed by atoms with Crippen molar-refractivity contribution in [3.63, 3.8) is 0 Å². The molecule has 0 fully saturated rings. The molecule has 0 aliphatic rings. The molecular weight excluding hydrogens is 304 g/mol. The van der Waals surface area contributed by atoms with Gasteiger partial charge in [-0.15, -0.1) is 0 Å². The standard InChI is InChI=1S/C19H18N2OS/c1-14(16-10-6-8-15-7-2-3-9-17(15)16)21-18(22)13-23-19-11-4-5-12-20-19/h2-12,14H,13H2,1H3,(H,21,22). The molecule has 0 spiro atoms. The number of benzene rings is 2. The Bertz CT molecular complexity index is 799. The number of carbonyl (C=O) groups is 1. The van der Waals surface area contributed by atoms with Crippen LogP contribution in [0.3, 0.4) is 0 Å². The summed E-state index contributed by atoms with van der Waals surface area (Å²) in [4.78, 5) is 16.4. The first-order valence-electron chi connectivity index (χ1n) is 7.55. The summed E-state index contributed by atoms with van der Waals surface area (Å²) in [6.07, 6.45) is 1.74. The molecule has 1 unspecified atom stereocenters. The average Bonchev–Trinajstić information content (AvgIpc) is 2.60. The van der Waals surface area contributed by atoms with Gasteiger partial charge in [0, 0.05) is 6.20 Å². The summed E-state index contributed by atoms with van der Waals surface area (Å²) in [5.74, 6) is 0.382. The lowest BCUT2D eigenvalue weighted by Gasteiger charge is -2.16. The highest BCUT2D eigenvalue weighted by Gasteiger charge is 2.12. The van der Waals surface area contributed by atoms with Gasteiger partial charge in [0.15, 0.2) is 0 Å². The Morgan fingerprint density at radius 1 is 1.09 bits per heavy atom. The Kier molecular flexibility index (Phi) is 4.93. The number of carbonyl (C=O) groups excluding carboxylic acids is 1. The van der Waals surface area contributed by atoms with Crippen LogP contribution in [0.5, 0.6) is 0 Å². The monoisotopic (exact) mass is 322 g/mol. The fraction of sp³-hybridized carbons (Fsp3) is 0.158. The smallest absolute Gasteiger partial charge is 0.230 e. The van der Waals surface area contributed by atoms with E-state index in [0.29, 0.717) is 5.75 Å². The molecule has 0 radical (unpaired) electrons. The molecule has 0 saturated carbocycles. The van der Waals surface area contributed by atoms with Gasteiger partial charge in [-0.1, -0.05) is 60.3 Å². The van der Waals surface area contributed by atoms with E-state index < -0.39 is 0 Å². The fourth-order valence-corrected chi connectivity index (χ4v) is 3.23. The largest absolute Gasteiger partial charge is 0.349 e. The van der Waals surface area contributed by atoms with Crippen LogP contribution in [0.4, 0.5) is 0 Å². The highest BCUT2D eigenvalue weighted by atomic mass is 32.2. The molecule has 3 aromatic rings. The Labute approximate surface area is 140 Å². The topological polar surface area (TPSA) is 42.0 Å². The average molecular weight is 322 g/mol. The van der Waals surface area contributed by atoms with E-state index in [1.165, 1.54) is 22.5 Å². The van der Waals surface area contributed by atoms with E-state index in [4.69, 9.17) is 0 Å². The molecule has 1 heterocycles. The molecule has 23 heavy (non-hydrogen) atoms. The number of thioether (sulfide) groups is 1. The number of hydrogen-bond donors (Lipinski definition) is 1. The Morgan fingerprint density at radius 3 is 2.70 bits per heavy atom. The van der Waals surface area contributed by atoms with E-state index in [-0.39, 0.29) is 11.9 Å². The third-order valence-corrected chi connectivity index (χ3v) is 4.60. The van der Waals surface area contributed by atoms with Crippen LogP contribution in [0.2, 0.25) is 0 Å². The van der Waals surface area contributed by atoms with Gasteiger partial charge in [-0.05, 0) is 35.4 Å². The van der Waals surface area contributed by atoms with Crippen molar-refractivity contribution in [2.75, 3.05) is 5.75 Å². The predicted molar refractivity (Wildman–Crippen MR) is 95.5 cm³/mol. The second kappa shape index (κ2) is 7.29. The van der Waals surface area contributed by atoms with Gasteiger partial charge in [0.05, 0.1) is 16.8 Å². The molecule has 1 atom stereocenters. The molecule has 0 saturated heterocycles. The molecular formula is C19H18N2OS. The molecule has 1 amide bonds. The minimum absolute atomic E-state index is 0.0149. The molecule has 3 nitrogen and oxygen atoms in total. The summed E-state index contributed by atoms with van der Waals surface area (Å²) >= 11 is 1.45. The van der Waals surface area contributed by atoms with Crippen LogP contribution in [0.1, 0.15) is 18.5 Å². The van der Waals surface area contributed by atoms with E-state index in [1.807, 2.05) is 43.3 Å². The van der Waals surface area contributed by atoms with Crippen molar-refractivity contribution in [3.05, 3.63) is 72.4 Å². The van der Waals surface area contributed by atoms with Gasteiger partial charge in [0.2, 0.25) is 5.91 Å². The highest BCUT2D eigenvalue weighted by molar-refractivity contribution is 7.99. The summed E-state index contributed by atoms with van der Waals surface area (Å²) in [7, 11) is 0. The minimum atomic E-state index is -0.0297. The molecule has 3 rings (SSSR count). The lowest BCUT2D eigenvalue weighted by molar-refractivity contribution is -0.119. The van der Waals surface area contributed by atoms with Gasteiger partial charge >= 0.3 is 0 Å². The van der Waals surface area contributed by atoms with Crippen LogP contribution in [-0.2, 0) is 4.79 Å². The lowest BCUT2D eigenvalue weighted by atomic mass is 10.00. The van der Waals surface area contributed by atoms with Crippen LogP contribution >= 0.6 is 11.8 Å². The first-order chi connectivity index (χ1) is 11.2. The Morgan fingerprint density at radius 2 is 1.87 bits per heavy atom. The predicted octanol–water partition coefficient (Wildman–Crippen LogP) is 4.20. The van der Waals surface area contributed by atoms with Crippen LogP contribution in [-0.4, -0.2) is 16.6 Å². The van der Waals surface area contributed by atoms with Crippen molar-refractivity contribution in [1.82, 2.24) is 10.3 Å². The second-order valence-electron chi connectivity index (χ2n) is 5.31. The van der Waals surface area contributed by atoms with Crippen LogP contribution < -0.4 is 5.32 Å². The number of nitrogens with one attached hydrogen (secondary N) is 1. The Hall–Kier alpha value is -2.33. The van der Waals surface area contributed by atoms with Crippen molar-refractivity contribution in [1.29, 1.82) is 0 Å². The zero-order valence-corrected chi connectivity index (χ0v) is 13.7. The molecule has 1 aromatic heterocycles. The number of amides is 1. The maximum Gasteiger partial charge on any atom is 0.230 e. The van der Waals surface area contributed by atoms with Crippen molar-refractivity contribution >= 4 is 28.4 Å². The summed E-state index contributed by atoms with van der Waals surface area (Å²) < 4.78 is 0. The summed E-state index contributed by atoms with van der Waals surface area (Å²) in [6, 6.07) is 20.1. The SMILES string of the molecule is CC(NC(=O)CSc1ccccn1)c1cccc2ccccc12. The second-order valence-corrected chi connectivity index (χ2v) is 6.31. The van der Waals surface area contributed by atoms with E-state index in [1.54, 1.807) is 6.20 Å². The molecule has 2 aromatic carbocycles. The van der Waals surface area contributed by atoms with Crippen LogP contribution in [0, 0.1) is 0 Å². The van der Waals surface area contributed by atoms with Gasteiger partial charge in [0.1, 0.15) is 0 Å². The van der Waals surface area contributed by atoms with E-state index >= 15 is 0 Å². The summed E-state index contributed by atoms with van der Waals surface area (Å²) in [5.41, 5.74) is 1.14. The molecule has 116 valence electrons. The van der Waals surface area contributed by atoms with E-state index in [2.05, 4.69) is 34.6 Å². The molecule has 0 aliphatic heterocycles. The van der Waals surface area contributed by atoms with Crippen molar-refractivity contribution in [2.24, 2.45) is 0 Å². The number of pyridine rings is 1. The third kappa shape index (κ3) is 3.90. The maximum absolute atomic E-state index is 12.2. The normalized spacial score (nSPS) is 12.0. The number of aromatic nitrogens is 1. The third-order valence-electron chi connectivity index (χ3n) is 3.66. The minimum Gasteiger partial charge on any atom is -0.349 e. The first kappa shape index (κ1) is 15.6. The number of rotatable bonds is 5. The Balaban J connectivity index is 1.66.